The normalized spacial score (nSPS) is 12.1. The van der Waals surface area contributed by atoms with Gasteiger partial charge in [-0.25, -0.2) is 4.98 Å². The summed E-state index contributed by atoms with van der Waals surface area (Å²) in [6.07, 6.45) is 1.69. The molecule has 0 saturated heterocycles. The number of halogens is 2. The van der Waals surface area contributed by atoms with Crippen molar-refractivity contribution in [1.29, 1.82) is 0 Å². The number of fused-ring (bicyclic) bond motifs is 1. The predicted molar refractivity (Wildman–Crippen MR) is 109 cm³/mol. The SMILES string of the molecule is CC(NC(=O)CCn1cnc2ccc(Br)cc2c1=O)c1ccccc1Br. The van der Waals surface area contributed by atoms with Crippen molar-refractivity contribution < 1.29 is 4.79 Å². The van der Waals surface area contributed by atoms with Crippen LogP contribution in [0.25, 0.3) is 10.9 Å². The molecule has 26 heavy (non-hydrogen) atoms. The molecule has 0 radical (unpaired) electrons. The molecule has 1 aromatic heterocycles. The Kier molecular flexibility index (Phi) is 5.88. The van der Waals surface area contributed by atoms with Crippen molar-refractivity contribution in [3.05, 3.63) is 73.7 Å². The number of carbonyl (C=O) groups is 1. The zero-order valence-corrected chi connectivity index (χ0v) is 17.2. The second-order valence-electron chi connectivity index (χ2n) is 5.97. The van der Waals surface area contributed by atoms with Gasteiger partial charge in [0.1, 0.15) is 0 Å². The second kappa shape index (κ2) is 8.14. The average molecular weight is 479 g/mol. The van der Waals surface area contributed by atoms with Crippen LogP contribution in [0.5, 0.6) is 0 Å². The first-order chi connectivity index (χ1) is 12.5. The summed E-state index contributed by atoms with van der Waals surface area (Å²) >= 11 is 6.86. The third kappa shape index (κ3) is 4.22. The third-order valence-electron chi connectivity index (χ3n) is 4.12. The van der Waals surface area contributed by atoms with E-state index in [0.717, 1.165) is 14.5 Å². The molecule has 134 valence electrons. The molecule has 0 aliphatic rings. The number of hydrogen-bond donors (Lipinski definition) is 1. The molecule has 1 N–H and O–H groups in total. The Bertz CT molecular complexity index is 1020. The fourth-order valence-electron chi connectivity index (χ4n) is 2.73. The summed E-state index contributed by atoms with van der Waals surface area (Å²) in [7, 11) is 0. The molecule has 1 atom stereocenters. The van der Waals surface area contributed by atoms with Crippen LogP contribution in [-0.4, -0.2) is 15.5 Å². The molecule has 2 aromatic carbocycles. The summed E-state index contributed by atoms with van der Waals surface area (Å²) in [5, 5.41) is 3.49. The van der Waals surface area contributed by atoms with Gasteiger partial charge in [-0.3, -0.25) is 14.2 Å². The first kappa shape index (κ1) is 18.8. The molecule has 0 spiro atoms. The Morgan fingerprint density at radius 1 is 1.23 bits per heavy atom. The van der Waals surface area contributed by atoms with E-state index in [-0.39, 0.29) is 30.5 Å². The van der Waals surface area contributed by atoms with E-state index >= 15 is 0 Å². The number of carbonyl (C=O) groups excluding carboxylic acids is 1. The maximum atomic E-state index is 12.5. The maximum Gasteiger partial charge on any atom is 0.261 e. The van der Waals surface area contributed by atoms with Crippen molar-refractivity contribution in [3.63, 3.8) is 0 Å². The van der Waals surface area contributed by atoms with Gasteiger partial charge in [-0.05, 0) is 36.8 Å². The van der Waals surface area contributed by atoms with Crippen LogP contribution in [0.1, 0.15) is 24.9 Å². The molecule has 0 saturated carbocycles. The molecule has 0 aliphatic carbocycles. The maximum absolute atomic E-state index is 12.5. The highest BCUT2D eigenvalue weighted by molar-refractivity contribution is 9.10. The van der Waals surface area contributed by atoms with Crippen LogP contribution in [-0.2, 0) is 11.3 Å². The van der Waals surface area contributed by atoms with E-state index in [4.69, 9.17) is 0 Å². The number of amides is 1. The van der Waals surface area contributed by atoms with E-state index in [1.54, 1.807) is 12.1 Å². The van der Waals surface area contributed by atoms with Gasteiger partial charge in [-0.15, -0.1) is 0 Å². The van der Waals surface area contributed by atoms with Gasteiger partial charge >= 0.3 is 0 Å². The van der Waals surface area contributed by atoms with Gasteiger partial charge in [0.2, 0.25) is 5.91 Å². The summed E-state index contributed by atoms with van der Waals surface area (Å²) in [4.78, 5) is 29.1. The van der Waals surface area contributed by atoms with Gasteiger partial charge in [0.25, 0.3) is 5.56 Å². The number of rotatable bonds is 5. The minimum Gasteiger partial charge on any atom is -0.349 e. The number of aryl methyl sites for hydroxylation is 1. The third-order valence-corrected chi connectivity index (χ3v) is 5.33. The summed E-state index contributed by atoms with van der Waals surface area (Å²) in [5.41, 5.74) is 1.50. The molecule has 3 aromatic rings. The number of benzene rings is 2. The molecule has 0 fully saturated rings. The first-order valence-corrected chi connectivity index (χ1v) is 9.73. The van der Waals surface area contributed by atoms with Crippen molar-refractivity contribution in [1.82, 2.24) is 14.9 Å². The van der Waals surface area contributed by atoms with Crippen molar-refractivity contribution >= 4 is 48.7 Å². The lowest BCUT2D eigenvalue weighted by molar-refractivity contribution is -0.121. The monoisotopic (exact) mass is 477 g/mol. The Hall–Kier alpha value is -1.99. The number of nitrogens with zero attached hydrogens (tertiary/aromatic N) is 2. The minimum atomic E-state index is -0.150. The van der Waals surface area contributed by atoms with E-state index in [2.05, 4.69) is 42.2 Å². The standard InChI is InChI=1S/C19H17Br2N3O2/c1-12(14-4-2-3-5-16(14)21)23-18(25)8-9-24-11-22-17-7-6-13(20)10-15(17)19(24)26/h2-7,10-12H,8-9H2,1H3,(H,23,25). The van der Waals surface area contributed by atoms with Crippen LogP contribution >= 0.6 is 31.9 Å². The smallest absolute Gasteiger partial charge is 0.261 e. The molecular formula is C19H17Br2N3O2. The van der Waals surface area contributed by atoms with Gasteiger partial charge in [0.15, 0.2) is 0 Å². The van der Waals surface area contributed by atoms with Crippen LogP contribution in [0.2, 0.25) is 0 Å². The topological polar surface area (TPSA) is 64.0 Å². The number of hydrogen-bond acceptors (Lipinski definition) is 3. The van der Waals surface area contributed by atoms with Crippen molar-refractivity contribution in [3.8, 4) is 0 Å². The fourth-order valence-corrected chi connectivity index (χ4v) is 3.72. The summed E-state index contributed by atoms with van der Waals surface area (Å²) in [6, 6.07) is 13.0. The average Bonchev–Trinajstić information content (AvgIpc) is 2.62. The summed E-state index contributed by atoms with van der Waals surface area (Å²) in [5.74, 6) is -0.116. The van der Waals surface area contributed by atoms with Gasteiger partial charge in [-0.2, -0.15) is 0 Å². The van der Waals surface area contributed by atoms with Gasteiger partial charge in [-0.1, -0.05) is 50.1 Å². The Morgan fingerprint density at radius 2 is 2.00 bits per heavy atom. The molecule has 1 amide bonds. The van der Waals surface area contributed by atoms with Crippen LogP contribution in [0.15, 0.2) is 62.5 Å². The van der Waals surface area contributed by atoms with E-state index < -0.39 is 0 Å². The van der Waals surface area contributed by atoms with Crippen LogP contribution in [0.3, 0.4) is 0 Å². The molecule has 5 nitrogen and oxygen atoms in total. The van der Waals surface area contributed by atoms with E-state index in [0.29, 0.717) is 10.9 Å². The Balaban J connectivity index is 1.68. The predicted octanol–water partition coefficient (Wildman–Crippen LogP) is 4.19. The number of nitrogens with one attached hydrogen (secondary N) is 1. The van der Waals surface area contributed by atoms with Gasteiger partial charge < -0.3 is 5.32 Å². The first-order valence-electron chi connectivity index (χ1n) is 8.14. The highest BCUT2D eigenvalue weighted by Crippen LogP contribution is 2.22. The van der Waals surface area contributed by atoms with Crippen LogP contribution in [0, 0.1) is 0 Å². The van der Waals surface area contributed by atoms with Crippen molar-refractivity contribution in [2.24, 2.45) is 0 Å². The van der Waals surface area contributed by atoms with Gasteiger partial charge in [0.05, 0.1) is 23.3 Å². The summed E-state index contributed by atoms with van der Waals surface area (Å²) in [6.45, 7) is 2.21. The highest BCUT2D eigenvalue weighted by Gasteiger charge is 2.13. The largest absolute Gasteiger partial charge is 0.349 e. The quantitative estimate of drug-likeness (QED) is 0.598. The molecular weight excluding hydrogens is 462 g/mol. The van der Waals surface area contributed by atoms with Crippen LogP contribution in [0.4, 0.5) is 0 Å². The molecule has 3 rings (SSSR count). The van der Waals surface area contributed by atoms with Crippen LogP contribution < -0.4 is 10.9 Å². The number of aromatic nitrogens is 2. The van der Waals surface area contributed by atoms with Gasteiger partial charge in [0, 0.05) is 21.9 Å². The Morgan fingerprint density at radius 3 is 2.77 bits per heavy atom. The Labute approximate surface area is 167 Å². The lowest BCUT2D eigenvalue weighted by Gasteiger charge is -2.16. The second-order valence-corrected chi connectivity index (χ2v) is 7.74. The van der Waals surface area contributed by atoms with E-state index in [9.17, 15) is 9.59 Å². The molecule has 7 heteroatoms. The zero-order chi connectivity index (χ0) is 18.7. The molecule has 0 aliphatic heterocycles. The lowest BCUT2D eigenvalue weighted by Crippen LogP contribution is -2.29. The van der Waals surface area contributed by atoms with E-state index in [1.165, 1.54) is 10.9 Å². The molecule has 1 heterocycles. The fraction of sp³-hybridized carbons (Fsp3) is 0.211. The summed E-state index contributed by atoms with van der Waals surface area (Å²) < 4.78 is 3.24. The molecule has 1 unspecified atom stereocenters. The highest BCUT2D eigenvalue weighted by atomic mass is 79.9. The van der Waals surface area contributed by atoms with E-state index in [1.807, 2.05) is 37.3 Å². The molecule has 0 bridgehead atoms. The zero-order valence-electron chi connectivity index (χ0n) is 14.1. The van der Waals surface area contributed by atoms with Crippen molar-refractivity contribution in [2.75, 3.05) is 0 Å². The minimum absolute atomic E-state index is 0.116. The lowest BCUT2D eigenvalue weighted by atomic mass is 10.1. The van der Waals surface area contributed by atoms with Crippen molar-refractivity contribution in [2.45, 2.75) is 25.9 Å².